The number of nitrogens with zero attached hydrogens (tertiary/aromatic N) is 1. The number of pyridine rings is 1. The summed E-state index contributed by atoms with van der Waals surface area (Å²) >= 11 is 0. The lowest BCUT2D eigenvalue weighted by molar-refractivity contribution is 0.571. The lowest BCUT2D eigenvalue weighted by Crippen LogP contribution is -2.38. The van der Waals surface area contributed by atoms with E-state index in [9.17, 15) is 4.79 Å². The highest BCUT2D eigenvalue weighted by molar-refractivity contribution is 6.90. The molecule has 0 spiro atoms. The zero-order chi connectivity index (χ0) is 13.6. The fraction of sp³-hybridized carbons (Fsp3) is 0.200. The van der Waals surface area contributed by atoms with E-state index >= 15 is 0 Å². The third-order valence-electron chi connectivity index (χ3n) is 3.35. The van der Waals surface area contributed by atoms with Crippen LogP contribution >= 0.6 is 0 Å². The van der Waals surface area contributed by atoms with Gasteiger partial charge in [0.25, 0.3) is 0 Å². The first kappa shape index (κ1) is 12.1. The summed E-state index contributed by atoms with van der Waals surface area (Å²) in [5, 5.41) is 3.64. The van der Waals surface area contributed by atoms with E-state index in [2.05, 4.69) is 30.7 Å². The first-order valence-corrected chi connectivity index (χ1v) is 9.78. The molecule has 1 aromatic carbocycles. The molecule has 0 aliphatic carbocycles. The molecular weight excluding hydrogens is 254 g/mol. The molecule has 3 aromatic rings. The van der Waals surface area contributed by atoms with Crippen LogP contribution in [0.2, 0.25) is 19.6 Å². The number of fused-ring (bicyclic) bond motifs is 3. The summed E-state index contributed by atoms with van der Waals surface area (Å²) in [6.07, 6.45) is 3.28. The molecule has 0 aliphatic rings. The van der Waals surface area contributed by atoms with Crippen LogP contribution in [0.25, 0.3) is 21.7 Å². The lowest BCUT2D eigenvalue weighted by atomic mass is 10.1. The van der Waals surface area contributed by atoms with Gasteiger partial charge in [-0.2, -0.15) is 0 Å². The molecule has 0 fully saturated rings. The maximum Gasteiger partial charge on any atom is 0.345 e. The first-order chi connectivity index (χ1) is 8.98. The van der Waals surface area contributed by atoms with Gasteiger partial charge in [-0.1, -0.05) is 37.8 Å². The maximum atomic E-state index is 12.1. The molecule has 0 aliphatic heterocycles. The SMILES string of the molecule is C[Si](C)(C)c1cccc2c1oc(=O)c1cnccc12. The van der Waals surface area contributed by atoms with Crippen LogP contribution in [0, 0.1) is 0 Å². The van der Waals surface area contributed by atoms with Gasteiger partial charge in [-0.25, -0.2) is 4.79 Å². The van der Waals surface area contributed by atoms with Crippen molar-refractivity contribution in [3.05, 3.63) is 47.1 Å². The van der Waals surface area contributed by atoms with Crippen LogP contribution in [0.15, 0.2) is 45.9 Å². The van der Waals surface area contributed by atoms with Crippen molar-refractivity contribution in [2.75, 3.05) is 0 Å². The molecular formula is C15H15NO2Si. The van der Waals surface area contributed by atoms with Crippen molar-refractivity contribution >= 4 is 35.0 Å². The molecule has 0 saturated heterocycles. The summed E-state index contributed by atoms with van der Waals surface area (Å²) in [5.41, 5.74) is 0.437. The molecule has 0 unspecified atom stereocenters. The molecule has 0 saturated carbocycles. The number of hydrogen-bond donors (Lipinski definition) is 0. The Hall–Kier alpha value is -1.94. The largest absolute Gasteiger partial charge is 0.422 e. The van der Waals surface area contributed by atoms with Gasteiger partial charge in [0, 0.05) is 23.2 Å². The molecule has 0 radical (unpaired) electrons. The van der Waals surface area contributed by atoms with Crippen LogP contribution in [0.3, 0.4) is 0 Å². The van der Waals surface area contributed by atoms with Crippen LogP contribution < -0.4 is 10.8 Å². The molecule has 0 N–H and O–H groups in total. The van der Waals surface area contributed by atoms with Gasteiger partial charge in [0.2, 0.25) is 0 Å². The molecule has 4 heteroatoms. The summed E-state index contributed by atoms with van der Waals surface area (Å²) in [6.45, 7) is 6.75. The van der Waals surface area contributed by atoms with Crippen LogP contribution in [0.1, 0.15) is 0 Å². The molecule has 3 rings (SSSR count). The number of aromatic nitrogens is 1. The van der Waals surface area contributed by atoms with E-state index in [1.807, 2.05) is 18.2 Å². The second-order valence-electron chi connectivity index (χ2n) is 5.74. The van der Waals surface area contributed by atoms with Crippen LogP contribution in [0.5, 0.6) is 0 Å². The van der Waals surface area contributed by atoms with Crippen molar-refractivity contribution < 1.29 is 4.42 Å². The van der Waals surface area contributed by atoms with Gasteiger partial charge in [0.1, 0.15) is 5.58 Å². The van der Waals surface area contributed by atoms with E-state index in [-0.39, 0.29) is 5.63 Å². The fourth-order valence-electron chi connectivity index (χ4n) is 2.39. The fourth-order valence-corrected chi connectivity index (χ4v) is 3.85. The van der Waals surface area contributed by atoms with Gasteiger partial charge in [-0.05, 0) is 11.3 Å². The van der Waals surface area contributed by atoms with E-state index in [1.54, 1.807) is 12.4 Å². The predicted molar refractivity (Wildman–Crippen MR) is 80.8 cm³/mol. The average molecular weight is 269 g/mol. The zero-order valence-electron chi connectivity index (χ0n) is 11.2. The van der Waals surface area contributed by atoms with Crippen molar-refractivity contribution in [2.24, 2.45) is 0 Å². The molecule has 3 nitrogen and oxygen atoms in total. The predicted octanol–water partition coefficient (Wildman–Crippen LogP) is 2.89. The van der Waals surface area contributed by atoms with Gasteiger partial charge >= 0.3 is 5.63 Å². The lowest BCUT2D eigenvalue weighted by Gasteiger charge is -2.18. The van der Waals surface area contributed by atoms with Gasteiger partial charge in [-0.15, -0.1) is 0 Å². The number of rotatable bonds is 1. The van der Waals surface area contributed by atoms with E-state index in [1.165, 1.54) is 5.19 Å². The zero-order valence-corrected chi connectivity index (χ0v) is 12.2. The van der Waals surface area contributed by atoms with Crippen molar-refractivity contribution in [1.82, 2.24) is 4.98 Å². The van der Waals surface area contributed by atoms with Gasteiger partial charge in [0.15, 0.2) is 0 Å². The summed E-state index contributed by atoms with van der Waals surface area (Å²) in [7, 11) is -1.56. The highest BCUT2D eigenvalue weighted by Gasteiger charge is 2.21. The Labute approximate surface area is 111 Å². The van der Waals surface area contributed by atoms with E-state index in [0.29, 0.717) is 5.39 Å². The number of para-hydroxylation sites is 1. The standard InChI is InChI=1S/C15H15NO2Si/c1-19(2,3)13-6-4-5-11-10-7-8-16-9-12(10)15(17)18-14(11)13/h4-9H,1-3H3. The molecule has 2 heterocycles. The Morgan fingerprint density at radius 2 is 1.84 bits per heavy atom. The number of benzene rings is 1. The molecule has 0 bridgehead atoms. The topological polar surface area (TPSA) is 43.1 Å². The third kappa shape index (κ3) is 1.88. The van der Waals surface area contributed by atoms with Gasteiger partial charge in [-0.3, -0.25) is 4.98 Å². The smallest absolute Gasteiger partial charge is 0.345 e. The van der Waals surface area contributed by atoms with E-state index in [4.69, 9.17) is 4.42 Å². The molecule has 19 heavy (non-hydrogen) atoms. The van der Waals surface area contributed by atoms with Gasteiger partial charge in [0.05, 0.1) is 13.5 Å². The quantitative estimate of drug-likeness (QED) is 0.387. The minimum absolute atomic E-state index is 0.304. The molecule has 96 valence electrons. The average Bonchev–Trinajstić information content (AvgIpc) is 2.37. The minimum Gasteiger partial charge on any atom is -0.422 e. The van der Waals surface area contributed by atoms with Crippen LogP contribution in [-0.2, 0) is 0 Å². The Kier molecular flexibility index (Phi) is 2.57. The third-order valence-corrected chi connectivity index (χ3v) is 5.36. The molecule has 0 amide bonds. The molecule has 0 atom stereocenters. The number of hydrogen-bond acceptors (Lipinski definition) is 3. The molecule has 2 aromatic heterocycles. The van der Waals surface area contributed by atoms with Crippen LogP contribution in [0.4, 0.5) is 0 Å². The monoisotopic (exact) mass is 269 g/mol. The summed E-state index contributed by atoms with van der Waals surface area (Å²) < 4.78 is 5.57. The highest BCUT2D eigenvalue weighted by Crippen LogP contribution is 2.22. The summed E-state index contributed by atoms with van der Waals surface area (Å²) in [4.78, 5) is 16.1. The first-order valence-electron chi connectivity index (χ1n) is 6.28. The van der Waals surface area contributed by atoms with E-state index in [0.717, 1.165) is 16.4 Å². The normalized spacial score (nSPS) is 12.2. The highest BCUT2D eigenvalue weighted by atomic mass is 28.3. The van der Waals surface area contributed by atoms with Crippen molar-refractivity contribution in [1.29, 1.82) is 0 Å². The second kappa shape index (κ2) is 4.03. The summed E-state index contributed by atoms with van der Waals surface area (Å²) in [5.74, 6) is 0. The minimum atomic E-state index is -1.56. The Morgan fingerprint density at radius 1 is 1.05 bits per heavy atom. The Morgan fingerprint density at radius 3 is 2.58 bits per heavy atom. The second-order valence-corrected chi connectivity index (χ2v) is 10.8. The van der Waals surface area contributed by atoms with Crippen molar-refractivity contribution in [3.8, 4) is 0 Å². The summed E-state index contributed by atoms with van der Waals surface area (Å²) in [6, 6.07) is 7.99. The van der Waals surface area contributed by atoms with Gasteiger partial charge < -0.3 is 4.42 Å². The van der Waals surface area contributed by atoms with Crippen molar-refractivity contribution in [3.63, 3.8) is 0 Å². The van der Waals surface area contributed by atoms with Crippen molar-refractivity contribution in [2.45, 2.75) is 19.6 Å². The van der Waals surface area contributed by atoms with Crippen LogP contribution in [-0.4, -0.2) is 13.1 Å². The maximum absolute atomic E-state index is 12.1. The van der Waals surface area contributed by atoms with E-state index < -0.39 is 8.07 Å². The Balaban J connectivity index is 2.57. The Bertz CT molecular complexity index is 831.